The zero-order chi connectivity index (χ0) is 15.7. The Morgan fingerprint density at radius 1 is 1.10 bits per heavy atom. The van der Waals surface area contributed by atoms with Crippen molar-refractivity contribution in [3.05, 3.63) is 29.8 Å². The molecule has 1 N–H and O–H groups in total. The smallest absolute Gasteiger partial charge is 0.277 e. The van der Waals surface area contributed by atoms with E-state index in [1.165, 1.54) is 0 Å². The van der Waals surface area contributed by atoms with E-state index in [0.29, 0.717) is 5.69 Å². The fourth-order valence-corrected chi connectivity index (χ4v) is 2.45. The van der Waals surface area contributed by atoms with Gasteiger partial charge in [-0.1, -0.05) is 39.8 Å². The van der Waals surface area contributed by atoms with Crippen LogP contribution in [0.2, 0.25) is 0 Å². The Bertz CT molecular complexity index is 593. The number of carbonyl (C=O) groups excluding carboxylic acids is 3. The fraction of sp³-hybridized carbons (Fsp3) is 0.438. The third kappa shape index (κ3) is 2.82. The molecule has 2 rings (SSSR count). The number of barbiturate groups is 1. The molecule has 1 aromatic carbocycles. The standard InChI is InChI=1S/C16H20N2O3/c1-9(2)11-6-5-7-12(8-11)18-15(20)13(10(3)4)14(19)17-16(18)21/h5-10,13H,1-4H3,(H,17,19,21). The summed E-state index contributed by atoms with van der Waals surface area (Å²) in [5, 5.41) is 2.27. The first-order chi connectivity index (χ1) is 9.82. The molecule has 1 aliphatic rings. The van der Waals surface area contributed by atoms with E-state index in [4.69, 9.17) is 0 Å². The summed E-state index contributed by atoms with van der Waals surface area (Å²) in [6.07, 6.45) is 0. The van der Waals surface area contributed by atoms with Crippen LogP contribution in [0, 0.1) is 11.8 Å². The number of anilines is 1. The van der Waals surface area contributed by atoms with Gasteiger partial charge in [0.15, 0.2) is 0 Å². The lowest BCUT2D eigenvalue weighted by Crippen LogP contribution is -2.59. The highest BCUT2D eigenvalue weighted by atomic mass is 16.2. The van der Waals surface area contributed by atoms with Crippen LogP contribution in [0.3, 0.4) is 0 Å². The van der Waals surface area contributed by atoms with Crippen LogP contribution in [0.4, 0.5) is 10.5 Å². The van der Waals surface area contributed by atoms with Crippen LogP contribution < -0.4 is 10.2 Å². The zero-order valence-electron chi connectivity index (χ0n) is 12.7. The van der Waals surface area contributed by atoms with Gasteiger partial charge in [-0.05, 0) is 29.5 Å². The zero-order valence-corrected chi connectivity index (χ0v) is 12.7. The summed E-state index contributed by atoms with van der Waals surface area (Å²) >= 11 is 0. The van der Waals surface area contributed by atoms with Gasteiger partial charge < -0.3 is 0 Å². The van der Waals surface area contributed by atoms with Gasteiger partial charge in [-0.2, -0.15) is 0 Å². The Kier molecular flexibility index (Phi) is 4.11. The summed E-state index contributed by atoms with van der Waals surface area (Å²) in [5.41, 5.74) is 1.54. The Hall–Kier alpha value is -2.17. The summed E-state index contributed by atoms with van der Waals surface area (Å²) in [7, 11) is 0. The summed E-state index contributed by atoms with van der Waals surface area (Å²) < 4.78 is 0. The Morgan fingerprint density at radius 3 is 2.33 bits per heavy atom. The van der Waals surface area contributed by atoms with Gasteiger partial charge in [-0.25, -0.2) is 9.69 Å². The highest BCUT2D eigenvalue weighted by Gasteiger charge is 2.42. The number of imide groups is 2. The van der Waals surface area contributed by atoms with E-state index in [-0.39, 0.29) is 11.8 Å². The Labute approximate surface area is 124 Å². The Morgan fingerprint density at radius 2 is 1.76 bits per heavy atom. The number of urea groups is 1. The highest BCUT2D eigenvalue weighted by molar-refractivity contribution is 6.27. The van der Waals surface area contributed by atoms with Gasteiger partial charge in [0.1, 0.15) is 5.92 Å². The van der Waals surface area contributed by atoms with Crippen molar-refractivity contribution in [3.8, 4) is 0 Å². The lowest BCUT2D eigenvalue weighted by atomic mass is 9.91. The molecule has 1 atom stereocenters. The highest BCUT2D eigenvalue weighted by Crippen LogP contribution is 2.27. The molecule has 21 heavy (non-hydrogen) atoms. The number of hydrogen-bond acceptors (Lipinski definition) is 3. The maximum atomic E-state index is 12.5. The SMILES string of the molecule is CC(C)c1cccc(N2C(=O)NC(=O)C(C(C)C)C2=O)c1. The van der Waals surface area contributed by atoms with Gasteiger partial charge in [0.2, 0.25) is 11.8 Å². The molecule has 0 aromatic heterocycles. The molecule has 112 valence electrons. The molecule has 1 aromatic rings. The minimum atomic E-state index is -0.828. The van der Waals surface area contributed by atoms with Gasteiger partial charge in [-0.3, -0.25) is 14.9 Å². The van der Waals surface area contributed by atoms with Crippen LogP contribution in [0.5, 0.6) is 0 Å². The number of benzene rings is 1. The van der Waals surface area contributed by atoms with Crippen molar-refractivity contribution < 1.29 is 14.4 Å². The first kappa shape index (κ1) is 15.2. The molecule has 1 saturated heterocycles. The van der Waals surface area contributed by atoms with Crippen molar-refractivity contribution in [2.24, 2.45) is 11.8 Å². The number of hydrogen-bond donors (Lipinski definition) is 1. The van der Waals surface area contributed by atoms with E-state index in [2.05, 4.69) is 5.32 Å². The largest absolute Gasteiger partial charge is 0.335 e. The van der Waals surface area contributed by atoms with Gasteiger partial charge in [0.05, 0.1) is 5.69 Å². The van der Waals surface area contributed by atoms with E-state index in [1.54, 1.807) is 19.9 Å². The molecule has 4 amide bonds. The molecule has 0 spiro atoms. The fourth-order valence-electron chi connectivity index (χ4n) is 2.45. The van der Waals surface area contributed by atoms with Crippen LogP contribution in [0.15, 0.2) is 24.3 Å². The van der Waals surface area contributed by atoms with Crippen molar-refractivity contribution in [1.29, 1.82) is 0 Å². The van der Waals surface area contributed by atoms with Crippen molar-refractivity contribution in [2.75, 3.05) is 4.90 Å². The molecule has 0 aliphatic carbocycles. The second-order valence-electron chi connectivity index (χ2n) is 5.94. The van der Waals surface area contributed by atoms with Crippen molar-refractivity contribution in [2.45, 2.75) is 33.6 Å². The maximum absolute atomic E-state index is 12.5. The molecular weight excluding hydrogens is 268 g/mol. The molecule has 5 nitrogen and oxygen atoms in total. The van der Waals surface area contributed by atoms with E-state index in [1.807, 2.05) is 32.0 Å². The maximum Gasteiger partial charge on any atom is 0.335 e. The molecular formula is C16H20N2O3. The summed E-state index contributed by atoms with van der Waals surface area (Å²) in [6.45, 7) is 7.66. The van der Waals surface area contributed by atoms with Crippen molar-refractivity contribution in [1.82, 2.24) is 5.32 Å². The molecule has 1 aliphatic heterocycles. The lowest BCUT2D eigenvalue weighted by molar-refractivity contribution is -0.136. The van der Waals surface area contributed by atoms with Crippen LogP contribution in [0.1, 0.15) is 39.2 Å². The monoisotopic (exact) mass is 288 g/mol. The number of carbonyl (C=O) groups is 3. The van der Waals surface area contributed by atoms with Gasteiger partial charge in [-0.15, -0.1) is 0 Å². The summed E-state index contributed by atoms with van der Waals surface area (Å²) in [4.78, 5) is 37.4. The second-order valence-corrected chi connectivity index (χ2v) is 5.94. The first-order valence-electron chi connectivity index (χ1n) is 7.11. The van der Waals surface area contributed by atoms with E-state index < -0.39 is 23.8 Å². The third-order valence-corrected chi connectivity index (χ3v) is 3.66. The molecule has 0 saturated carbocycles. The second kappa shape index (κ2) is 5.68. The average molecular weight is 288 g/mol. The quantitative estimate of drug-likeness (QED) is 0.869. The van der Waals surface area contributed by atoms with Crippen LogP contribution in [-0.4, -0.2) is 17.8 Å². The normalized spacial score (nSPS) is 19.4. The summed E-state index contributed by atoms with van der Waals surface area (Å²) in [6, 6.07) is 6.60. The molecule has 0 bridgehead atoms. The van der Waals surface area contributed by atoms with Gasteiger partial charge in [0.25, 0.3) is 0 Å². The van der Waals surface area contributed by atoms with Crippen molar-refractivity contribution in [3.63, 3.8) is 0 Å². The molecule has 1 unspecified atom stereocenters. The van der Waals surface area contributed by atoms with E-state index in [0.717, 1.165) is 10.5 Å². The first-order valence-corrected chi connectivity index (χ1v) is 7.11. The van der Waals surface area contributed by atoms with E-state index >= 15 is 0 Å². The van der Waals surface area contributed by atoms with Gasteiger partial charge >= 0.3 is 6.03 Å². The van der Waals surface area contributed by atoms with Crippen molar-refractivity contribution >= 4 is 23.5 Å². The molecule has 5 heteroatoms. The minimum Gasteiger partial charge on any atom is -0.277 e. The number of rotatable bonds is 3. The van der Waals surface area contributed by atoms with E-state index in [9.17, 15) is 14.4 Å². The lowest BCUT2D eigenvalue weighted by Gasteiger charge is -2.32. The number of amides is 4. The van der Waals surface area contributed by atoms with Crippen LogP contribution in [-0.2, 0) is 9.59 Å². The molecule has 1 heterocycles. The average Bonchev–Trinajstić information content (AvgIpc) is 2.37. The van der Waals surface area contributed by atoms with Crippen LogP contribution in [0.25, 0.3) is 0 Å². The molecule has 1 fully saturated rings. The number of nitrogens with zero attached hydrogens (tertiary/aromatic N) is 1. The number of nitrogens with one attached hydrogen (secondary N) is 1. The van der Waals surface area contributed by atoms with Crippen LogP contribution >= 0.6 is 0 Å². The third-order valence-electron chi connectivity index (χ3n) is 3.66. The topological polar surface area (TPSA) is 66.5 Å². The minimum absolute atomic E-state index is 0.165. The summed E-state index contributed by atoms with van der Waals surface area (Å²) in [5.74, 6) is -1.68. The van der Waals surface area contributed by atoms with Gasteiger partial charge in [0, 0.05) is 0 Å². The predicted octanol–water partition coefficient (Wildman–Crippen LogP) is 2.67. The Balaban J connectivity index is 2.42. The predicted molar refractivity (Wildman–Crippen MR) is 79.9 cm³/mol. The molecule has 0 radical (unpaired) electrons.